The van der Waals surface area contributed by atoms with Gasteiger partial charge >= 0.3 is 0 Å². The van der Waals surface area contributed by atoms with E-state index in [9.17, 15) is 4.79 Å². The van der Waals surface area contributed by atoms with Crippen molar-refractivity contribution < 1.29 is 14.3 Å². The molecule has 5 heteroatoms. The van der Waals surface area contributed by atoms with Crippen LogP contribution >= 0.6 is 0 Å². The molecule has 5 nitrogen and oxygen atoms in total. The summed E-state index contributed by atoms with van der Waals surface area (Å²) >= 11 is 0. The summed E-state index contributed by atoms with van der Waals surface area (Å²) < 4.78 is 10.3. The van der Waals surface area contributed by atoms with E-state index in [4.69, 9.17) is 20.9 Å². The number of primary amides is 1. The molecule has 0 heterocycles. The van der Waals surface area contributed by atoms with Crippen LogP contribution in [0.4, 0.5) is 5.69 Å². The highest BCUT2D eigenvalue weighted by Crippen LogP contribution is 2.31. The second-order valence-corrected chi connectivity index (χ2v) is 2.89. The van der Waals surface area contributed by atoms with Gasteiger partial charge in [-0.15, -0.1) is 0 Å². The number of hydrogen-bond donors (Lipinski definition) is 2. The van der Waals surface area contributed by atoms with Crippen LogP contribution in [0.25, 0.3) is 0 Å². The minimum absolute atomic E-state index is 0.235. The van der Waals surface area contributed by atoms with Crippen molar-refractivity contribution in [3.63, 3.8) is 0 Å². The van der Waals surface area contributed by atoms with Crippen molar-refractivity contribution in [2.24, 2.45) is 5.73 Å². The molecule has 0 radical (unpaired) electrons. The first kappa shape index (κ1) is 11.2. The summed E-state index contributed by atoms with van der Waals surface area (Å²) in [7, 11) is 1.50. The topological polar surface area (TPSA) is 87.6 Å². The number of amides is 1. The van der Waals surface area contributed by atoms with Crippen LogP contribution in [0.5, 0.6) is 11.5 Å². The van der Waals surface area contributed by atoms with E-state index in [-0.39, 0.29) is 11.3 Å². The Kier molecular flexibility index (Phi) is 3.38. The van der Waals surface area contributed by atoms with Crippen molar-refractivity contribution in [2.45, 2.75) is 6.92 Å². The smallest absolute Gasteiger partial charge is 0.250 e. The Morgan fingerprint density at radius 3 is 2.53 bits per heavy atom. The van der Waals surface area contributed by atoms with E-state index in [0.29, 0.717) is 18.1 Å². The molecule has 0 saturated carbocycles. The van der Waals surface area contributed by atoms with Gasteiger partial charge in [0.1, 0.15) is 0 Å². The van der Waals surface area contributed by atoms with E-state index < -0.39 is 5.91 Å². The van der Waals surface area contributed by atoms with Gasteiger partial charge in [0.25, 0.3) is 5.91 Å². The Labute approximate surface area is 88.0 Å². The van der Waals surface area contributed by atoms with Gasteiger partial charge in [-0.3, -0.25) is 4.79 Å². The summed E-state index contributed by atoms with van der Waals surface area (Å²) in [5.74, 6) is 0.360. The molecule has 0 atom stereocenters. The van der Waals surface area contributed by atoms with E-state index in [2.05, 4.69) is 0 Å². The number of anilines is 1. The standard InChI is InChI=1S/C10H14N2O3/c1-3-15-9-4-6(10(12)13)7(11)5-8(9)14-2/h4-5H,3,11H2,1-2H3,(H2,12,13). The van der Waals surface area contributed by atoms with Gasteiger partial charge in [0.05, 0.1) is 19.3 Å². The number of nitrogen functional groups attached to an aromatic ring is 1. The molecule has 82 valence electrons. The molecule has 0 bridgehead atoms. The van der Waals surface area contributed by atoms with Crippen molar-refractivity contribution >= 4 is 11.6 Å². The van der Waals surface area contributed by atoms with E-state index in [1.807, 2.05) is 6.92 Å². The summed E-state index contributed by atoms with van der Waals surface area (Å²) in [6.45, 7) is 2.30. The minimum atomic E-state index is -0.587. The monoisotopic (exact) mass is 210 g/mol. The van der Waals surface area contributed by atoms with Gasteiger partial charge in [-0.2, -0.15) is 0 Å². The van der Waals surface area contributed by atoms with Crippen LogP contribution in [0.15, 0.2) is 12.1 Å². The van der Waals surface area contributed by atoms with E-state index in [0.717, 1.165) is 0 Å². The number of carbonyl (C=O) groups excluding carboxylic acids is 1. The van der Waals surface area contributed by atoms with Crippen LogP contribution in [-0.4, -0.2) is 19.6 Å². The quantitative estimate of drug-likeness (QED) is 0.718. The summed E-state index contributed by atoms with van der Waals surface area (Å²) in [6.07, 6.45) is 0. The fourth-order valence-electron chi connectivity index (χ4n) is 1.22. The van der Waals surface area contributed by atoms with Gasteiger partial charge in [0, 0.05) is 11.8 Å². The average molecular weight is 210 g/mol. The Morgan fingerprint density at radius 2 is 2.07 bits per heavy atom. The Balaban J connectivity index is 3.23. The highest BCUT2D eigenvalue weighted by atomic mass is 16.5. The summed E-state index contributed by atoms with van der Waals surface area (Å²) in [4.78, 5) is 11.0. The third-order valence-electron chi connectivity index (χ3n) is 1.90. The molecule has 1 rings (SSSR count). The Morgan fingerprint density at radius 1 is 1.40 bits per heavy atom. The number of benzene rings is 1. The third kappa shape index (κ3) is 2.31. The summed E-state index contributed by atoms with van der Waals surface area (Å²) in [5.41, 5.74) is 11.3. The van der Waals surface area contributed by atoms with Crippen molar-refractivity contribution in [1.29, 1.82) is 0 Å². The SMILES string of the molecule is CCOc1cc(C(N)=O)c(N)cc1OC. The molecule has 15 heavy (non-hydrogen) atoms. The normalized spacial score (nSPS) is 9.73. The number of nitrogens with two attached hydrogens (primary N) is 2. The first-order valence-corrected chi connectivity index (χ1v) is 4.50. The maximum absolute atomic E-state index is 11.0. The van der Waals surface area contributed by atoms with E-state index >= 15 is 0 Å². The van der Waals surface area contributed by atoms with Gasteiger partial charge in [0.2, 0.25) is 0 Å². The van der Waals surface area contributed by atoms with Gasteiger partial charge in [-0.25, -0.2) is 0 Å². The summed E-state index contributed by atoms with van der Waals surface area (Å²) in [6, 6.07) is 3.01. The third-order valence-corrected chi connectivity index (χ3v) is 1.90. The Bertz CT molecular complexity index is 377. The molecule has 0 fully saturated rings. The molecule has 0 spiro atoms. The fourth-order valence-corrected chi connectivity index (χ4v) is 1.22. The van der Waals surface area contributed by atoms with E-state index in [1.54, 1.807) is 0 Å². The first-order valence-electron chi connectivity index (χ1n) is 4.50. The highest BCUT2D eigenvalue weighted by Gasteiger charge is 2.12. The van der Waals surface area contributed by atoms with Crippen molar-refractivity contribution in [3.05, 3.63) is 17.7 Å². The molecular formula is C10H14N2O3. The van der Waals surface area contributed by atoms with Crippen LogP contribution in [0.3, 0.4) is 0 Å². The zero-order chi connectivity index (χ0) is 11.4. The molecule has 0 unspecified atom stereocenters. The van der Waals surface area contributed by atoms with Crippen molar-refractivity contribution in [2.75, 3.05) is 19.5 Å². The number of methoxy groups -OCH3 is 1. The number of rotatable bonds is 4. The largest absolute Gasteiger partial charge is 0.493 e. The van der Waals surface area contributed by atoms with Crippen molar-refractivity contribution in [1.82, 2.24) is 0 Å². The maximum Gasteiger partial charge on any atom is 0.250 e. The average Bonchev–Trinajstić information content (AvgIpc) is 2.20. The zero-order valence-corrected chi connectivity index (χ0v) is 8.74. The molecular weight excluding hydrogens is 196 g/mol. The molecule has 1 aromatic carbocycles. The van der Waals surface area contributed by atoms with Gasteiger partial charge in [-0.1, -0.05) is 0 Å². The lowest BCUT2D eigenvalue weighted by Crippen LogP contribution is -2.14. The van der Waals surface area contributed by atoms with E-state index in [1.165, 1.54) is 19.2 Å². The molecule has 0 aliphatic rings. The molecule has 4 N–H and O–H groups in total. The fraction of sp³-hybridized carbons (Fsp3) is 0.300. The minimum Gasteiger partial charge on any atom is -0.493 e. The lowest BCUT2D eigenvalue weighted by molar-refractivity contribution is 0.100. The zero-order valence-electron chi connectivity index (χ0n) is 8.74. The van der Waals surface area contributed by atoms with Crippen LogP contribution in [0, 0.1) is 0 Å². The van der Waals surface area contributed by atoms with Crippen LogP contribution < -0.4 is 20.9 Å². The number of carbonyl (C=O) groups is 1. The molecule has 0 aromatic heterocycles. The highest BCUT2D eigenvalue weighted by molar-refractivity contribution is 5.98. The number of hydrogen-bond acceptors (Lipinski definition) is 4. The first-order chi connectivity index (χ1) is 7.10. The van der Waals surface area contributed by atoms with Gasteiger partial charge in [-0.05, 0) is 13.0 Å². The maximum atomic E-state index is 11.0. The van der Waals surface area contributed by atoms with Crippen LogP contribution in [-0.2, 0) is 0 Å². The molecule has 0 aliphatic carbocycles. The lowest BCUT2D eigenvalue weighted by Gasteiger charge is -2.11. The van der Waals surface area contributed by atoms with Crippen LogP contribution in [0.2, 0.25) is 0 Å². The molecule has 0 aliphatic heterocycles. The molecule has 0 saturated heterocycles. The second kappa shape index (κ2) is 4.54. The predicted molar refractivity (Wildman–Crippen MR) is 57.1 cm³/mol. The molecule has 1 amide bonds. The van der Waals surface area contributed by atoms with Gasteiger partial charge in [0.15, 0.2) is 11.5 Å². The Hall–Kier alpha value is -1.91. The van der Waals surface area contributed by atoms with Gasteiger partial charge < -0.3 is 20.9 Å². The molecule has 1 aromatic rings. The van der Waals surface area contributed by atoms with Crippen molar-refractivity contribution in [3.8, 4) is 11.5 Å². The second-order valence-electron chi connectivity index (χ2n) is 2.89. The summed E-state index contributed by atoms with van der Waals surface area (Å²) in [5, 5.41) is 0. The number of ether oxygens (including phenoxy) is 2. The predicted octanol–water partition coefficient (Wildman–Crippen LogP) is 0.775. The van der Waals surface area contributed by atoms with Crippen LogP contribution in [0.1, 0.15) is 17.3 Å². The lowest BCUT2D eigenvalue weighted by atomic mass is 10.1.